The molecule has 1 N–H and O–H groups in total. The summed E-state index contributed by atoms with van der Waals surface area (Å²) < 4.78 is 36.2. The fraction of sp³-hybridized carbons (Fsp3) is 0.200. The Morgan fingerprint density at radius 3 is 2.50 bits per heavy atom. The van der Waals surface area contributed by atoms with Gasteiger partial charge in [-0.1, -0.05) is 18.1 Å². The number of hydrogen-bond donors (Lipinski definition) is 1. The molecule has 1 nitrogen and oxygen atoms in total. The van der Waals surface area contributed by atoms with E-state index in [2.05, 4.69) is 5.92 Å². The maximum absolute atomic E-state index is 12.1. The van der Waals surface area contributed by atoms with Crippen LogP contribution in [0.15, 0.2) is 24.3 Å². The number of hydrogen-bond acceptors (Lipinski definition) is 1. The van der Waals surface area contributed by atoms with Gasteiger partial charge in [0.25, 0.3) is 0 Å². The molecule has 14 heavy (non-hydrogen) atoms. The van der Waals surface area contributed by atoms with Gasteiger partial charge in [-0.05, 0) is 17.7 Å². The molecule has 1 aromatic rings. The average Bonchev–Trinajstić information content (AvgIpc) is 2.15. The Morgan fingerprint density at radius 1 is 1.36 bits per heavy atom. The van der Waals surface area contributed by atoms with Gasteiger partial charge in [0.05, 0.1) is 0 Å². The average molecular weight is 200 g/mol. The summed E-state index contributed by atoms with van der Waals surface area (Å²) in [4.78, 5) is 0. The van der Waals surface area contributed by atoms with Gasteiger partial charge >= 0.3 is 6.18 Å². The number of halogens is 3. The second-order valence-corrected chi connectivity index (χ2v) is 2.71. The second kappa shape index (κ2) is 3.72. The van der Waals surface area contributed by atoms with E-state index in [1.54, 1.807) is 0 Å². The Labute approximate surface area is 79.2 Å². The van der Waals surface area contributed by atoms with Crippen molar-refractivity contribution in [3.05, 3.63) is 35.4 Å². The van der Waals surface area contributed by atoms with Crippen LogP contribution >= 0.6 is 0 Å². The first-order valence-corrected chi connectivity index (χ1v) is 3.76. The second-order valence-electron chi connectivity index (χ2n) is 2.71. The lowest BCUT2D eigenvalue weighted by Gasteiger charge is -2.14. The molecule has 0 bridgehead atoms. The van der Waals surface area contributed by atoms with E-state index in [0.717, 1.165) is 6.07 Å². The van der Waals surface area contributed by atoms with Crippen molar-refractivity contribution >= 4 is 0 Å². The van der Waals surface area contributed by atoms with Crippen LogP contribution in [0.3, 0.4) is 0 Å². The Bertz CT molecular complexity index is 362. The zero-order chi connectivity index (χ0) is 10.8. The molecule has 4 heteroatoms. The number of terminal acetylenes is 1. The Balaban J connectivity index is 3.03. The maximum atomic E-state index is 12.1. The van der Waals surface area contributed by atoms with Gasteiger partial charge in [-0.3, -0.25) is 0 Å². The molecule has 0 saturated heterocycles. The molecule has 0 aliphatic heterocycles. The van der Waals surface area contributed by atoms with Gasteiger partial charge in [0, 0.05) is 5.56 Å². The quantitative estimate of drug-likeness (QED) is 0.689. The van der Waals surface area contributed by atoms with E-state index < -0.39 is 12.3 Å². The van der Waals surface area contributed by atoms with Crippen molar-refractivity contribution in [1.82, 2.24) is 0 Å². The van der Waals surface area contributed by atoms with Crippen LogP contribution in [-0.4, -0.2) is 11.3 Å². The summed E-state index contributed by atoms with van der Waals surface area (Å²) in [6, 6.07) is 5.18. The Morgan fingerprint density at radius 2 is 2.00 bits per heavy atom. The molecule has 0 aliphatic rings. The van der Waals surface area contributed by atoms with Gasteiger partial charge in [-0.15, -0.1) is 6.42 Å². The first-order valence-electron chi connectivity index (χ1n) is 3.76. The van der Waals surface area contributed by atoms with Gasteiger partial charge in [0.2, 0.25) is 0 Å². The predicted molar refractivity (Wildman–Crippen MR) is 45.4 cm³/mol. The molecule has 0 unspecified atom stereocenters. The van der Waals surface area contributed by atoms with E-state index in [0.29, 0.717) is 5.56 Å². The van der Waals surface area contributed by atoms with E-state index in [1.165, 1.54) is 18.2 Å². The number of aliphatic hydroxyl groups excluding tert-OH is 1. The molecule has 0 saturated carbocycles. The summed E-state index contributed by atoms with van der Waals surface area (Å²) in [7, 11) is 0. The third-order valence-electron chi connectivity index (χ3n) is 1.68. The monoisotopic (exact) mass is 200 g/mol. The molecular formula is C10H7F3O. The fourth-order valence-corrected chi connectivity index (χ4v) is 0.988. The number of benzene rings is 1. The van der Waals surface area contributed by atoms with Crippen LogP contribution < -0.4 is 0 Å². The number of rotatable bonds is 1. The van der Waals surface area contributed by atoms with Crippen LogP contribution in [0.2, 0.25) is 0 Å². The highest BCUT2D eigenvalue weighted by atomic mass is 19.4. The summed E-state index contributed by atoms with van der Waals surface area (Å²) in [5.41, 5.74) is 0.0683. The molecule has 0 aliphatic carbocycles. The summed E-state index contributed by atoms with van der Waals surface area (Å²) in [6.07, 6.45) is -2.12. The Hall–Kier alpha value is -1.47. The topological polar surface area (TPSA) is 20.2 Å². The molecule has 1 atom stereocenters. The molecule has 0 radical (unpaired) electrons. The summed E-state index contributed by atoms with van der Waals surface area (Å²) in [5.74, 6) is 2.20. The van der Waals surface area contributed by atoms with Crippen molar-refractivity contribution in [1.29, 1.82) is 0 Å². The summed E-state index contributed by atoms with van der Waals surface area (Å²) in [6.45, 7) is 0. The highest BCUT2D eigenvalue weighted by molar-refractivity contribution is 5.36. The van der Waals surface area contributed by atoms with E-state index in [4.69, 9.17) is 11.5 Å². The van der Waals surface area contributed by atoms with Crippen molar-refractivity contribution in [2.75, 3.05) is 0 Å². The van der Waals surface area contributed by atoms with Crippen LogP contribution in [0, 0.1) is 12.3 Å². The molecular weight excluding hydrogens is 193 g/mol. The lowest BCUT2D eigenvalue weighted by molar-refractivity contribution is -0.206. The van der Waals surface area contributed by atoms with Gasteiger partial charge in [0.1, 0.15) is 0 Å². The molecule has 74 valence electrons. The predicted octanol–water partition coefficient (Wildman–Crippen LogP) is 2.26. The molecule has 0 aromatic heterocycles. The van der Waals surface area contributed by atoms with Gasteiger partial charge in [-0.2, -0.15) is 13.2 Å². The molecule has 0 fully saturated rings. The minimum Gasteiger partial charge on any atom is -0.379 e. The lowest BCUT2D eigenvalue weighted by Crippen LogP contribution is -2.20. The largest absolute Gasteiger partial charge is 0.418 e. The van der Waals surface area contributed by atoms with Gasteiger partial charge < -0.3 is 5.11 Å². The van der Waals surface area contributed by atoms with E-state index in [1.807, 2.05) is 0 Å². The third-order valence-corrected chi connectivity index (χ3v) is 1.68. The lowest BCUT2D eigenvalue weighted by atomic mass is 10.1. The van der Waals surface area contributed by atoms with Crippen LogP contribution in [0.5, 0.6) is 0 Å². The van der Waals surface area contributed by atoms with E-state index in [-0.39, 0.29) is 5.56 Å². The summed E-state index contributed by atoms with van der Waals surface area (Å²) >= 11 is 0. The molecule has 0 spiro atoms. The van der Waals surface area contributed by atoms with Crippen LogP contribution in [-0.2, 0) is 0 Å². The SMILES string of the molecule is C#Cc1cccc([C@H](O)C(F)(F)F)c1. The van der Waals surface area contributed by atoms with Gasteiger partial charge in [0.15, 0.2) is 6.10 Å². The normalized spacial score (nSPS) is 13.4. The van der Waals surface area contributed by atoms with Crippen LogP contribution in [0.4, 0.5) is 13.2 Å². The number of alkyl halides is 3. The molecule has 1 aromatic carbocycles. The molecule has 0 amide bonds. The number of aliphatic hydroxyl groups is 1. The van der Waals surface area contributed by atoms with Crippen LogP contribution in [0.25, 0.3) is 0 Å². The zero-order valence-electron chi connectivity index (χ0n) is 7.05. The standard InChI is InChI=1S/C10H7F3O/c1-2-7-4-3-5-8(6-7)9(14)10(11,12)13/h1,3-6,9,14H/t9-/m0/s1. The van der Waals surface area contributed by atoms with Crippen molar-refractivity contribution in [2.45, 2.75) is 12.3 Å². The van der Waals surface area contributed by atoms with Gasteiger partial charge in [-0.25, -0.2) is 0 Å². The first kappa shape index (κ1) is 10.6. The molecule has 1 rings (SSSR count). The summed E-state index contributed by atoms with van der Waals surface area (Å²) in [5, 5.41) is 8.88. The highest BCUT2D eigenvalue weighted by Crippen LogP contribution is 2.32. The minimum atomic E-state index is -4.66. The van der Waals surface area contributed by atoms with Crippen molar-refractivity contribution < 1.29 is 18.3 Å². The maximum Gasteiger partial charge on any atom is 0.418 e. The van der Waals surface area contributed by atoms with E-state index >= 15 is 0 Å². The van der Waals surface area contributed by atoms with Crippen molar-refractivity contribution in [2.24, 2.45) is 0 Å². The first-order chi connectivity index (χ1) is 6.45. The minimum absolute atomic E-state index is 0.243. The highest BCUT2D eigenvalue weighted by Gasteiger charge is 2.39. The fourth-order valence-electron chi connectivity index (χ4n) is 0.988. The van der Waals surface area contributed by atoms with Crippen LogP contribution in [0.1, 0.15) is 17.2 Å². The third kappa shape index (κ3) is 2.27. The molecule has 0 heterocycles. The van der Waals surface area contributed by atoms with E-state index in [9.17, 15) is 13.2 Å². The smallest absolute Gasteiger partial charge is 0.379 e. The Kier molecular flexibility index (Phi) is 2.82. The van der Waals surface area contributed by atoms with Crippen molar-refractivity contribution in [3.63, 3.8) is 0 Å². The van der Waals surface area contributed by atoms with Crippen molar-refractivity contribution in [3.8, 4) is 12.3 Å². The zero-order valence-corrected chi connectivity index (χ0v) is 7.05.